The second kappa shape index (κ2) is 6.07. The highest BCUT2D eigenvalue weighted by molar-refractivity contribution is 14.1. The fourth-order valence-corrected chi connectivity index (χ4v) is 3.67. The number of hydrogen-bond donors (Lipinski definition) is 1. The Labute approximate surface area is 146 Å². The zero-order chi connectivity index (χ0) is 15.0. The summed E-state index contributed by atoms with van der Waals surface area (Å²) < 4.78 is 2.25. The van der Waals surface area contributed by atoms with Gasteiger partial charge in [0.25, 0.3) is 0 Å². The van der Waals surface area contributed by atoms with E-state index in [2.05, 4.69) is 100 Å². The molecular formula is C18H15BrIN. The standard InChI is InChI=1S/C18H15BrIN/c1-11-6-8-15(14-5-3-2-4-13(11)14)18(21)16-10-12(20)7-9-17(16)19/h2-10,18H,21H2,1H3. The molecular weight excluding hydrogens is 437 g/mol. The molecule has 0 heterocycles. The van der Waals surface area contributed by atoms with Crippen molar-refractivity contribution in [2.24, 2.45) is 5.73 Å². The maximum absolute atomic E-state index is 6.57. The molecule has 1 unspecified atom stereocenters. The molecule has 0 aliphatic rings. The minimum absolute atomic E-state index is 0.139. The van der Waals surface area contributed by atoms with Gasteiger partial charge in [-0.05, 0) is 75.2 Å². The summed E-state index contributed by atoms with van der Waals surface area (Å²) in [5, 5.41) is 2.50. The highest BCUT2D eigenvalue weighted by atomic mass is 127. The van der Waals surface area contributed by atoms with Crippen LogP contribution in [0.3, 0.4) is 0 Å². The molecule has 3 aromatic carbocycles. The van der Waals surface area contributed by atoms with Crippen LogP contribution in [-0.4, -0.2) is 0 Å². The van der Waals surface area contributed by atoms with Crippen molar-refractivity contribution in [1.29, 1.82) is 0 Å². The quantitative estimate of drug-likeness (QED) is 0.507. The Morgan fingerprint density at radius 2 is 1.67 bits per heavy atom. The zero-order valence-corrected chi connectivity index (χ0v) is 15.4. The van der Waals surface area contributed by atoms with E-state index in [1.54, 1.807) is 0 Å². The molecule has 0 bridgehead atoms. The highest BCUT2D eigenvalue weighted by Gasteiger charge is 2.15. The highest BCUT2D eigenvalue weighted by Crippen LogP contribution is 2.33. The molecule has 0 fully saturated rings. The smallest absolute Gasteiger partial charge is 0.0569 e. The van der Waals surface area contributed by atoms with Gasteiger partial charge in [0.05, 0.1) is 6.04 Å². The Hall–Kier alpha value is -0.910. The Kier molecular flexibility index (Phi) is 4.33. The summed E-state index contributed by atoms with van der Waals surface area (Å²) in [4.78, 5) is 0. The van der Waals surface area contributed by atoms with E-state index in [0.717, 1.165) is 10.0 Å². The summed E-state index contributed by atoms with van der Waals surface area (Å²) in [6.07, 6.45) is 0. The maximum Gasteiger partial charge on any atom is 0.0569 e. The van der Waals surface area contributed by atoms with Gasteiger partial charge < -0.3 is 5.73 Å². The summed E-state index contributed by atoms with van der Waals surface area (Å²) in [6, 6.07) is 18.9. The lowest BCUT2D eigenvalue weighted by molar-refractivity contribution is 0.873. The van der Waals surface area contributed by atoms with Crippen molar-refractivity contribution >= 4 is 49.3 Å². The Bertz CT molecular complexity index is 813. The summed E-state index contributed by atoms with van der Waals surface area (Å²) >= 11 is 5.95. The molecule has 21 heavy (non-hydrogen) atoms. The van der Waals surface area contributed by atoms with E-state index < -0.39 is 0 Å². The molecule has 1 nitrogen and oxygen atoms in total. The molecule has 0 saturated carbocycles. The van der Waals surface area contributed by atoms with E-state index >= 15 is 0 Å². The number of aryl methyl sites for hydroxylation is 1. The molecule has 3 aromatic rings. The fraction of sp³-hybridized carbons (Fsp3) is 0.111. The molecule has 3 heteroatoms. The minimum atomic E-state index is -0.139. The predicted octanol–water partition coefficient (Wildman–Crippen LogP) is 5.56. The van der Waals surface area contributed by atoms with Crippen molar-refractivity contribution in [1.82, 2.24) is 0 Å². The van der Waals surface area contributed by atoms with Gasteiger partial charge >= 0.3 is 0 Å². The van der Waals surface area contributed by atoms with Crippen molar-refractivity contribution in [3.05, 3.63) is 79.3 Å². The van der Waals surface area contributed by atoms with Gasteiger partial charge in [0.15, 0.2) is 0 Å². The van der Waals surface area contributed by atoms with E-state index in [1.165, 1.54) is 25.5 Å². The predicted molar refractivity (Wildman–Crippen MR) is 102 cm³/mol. The molecule has 1 atom stereocenters. The van der Waals surface area contributed by atoms with Crippen LogP contribution in [-0.2, 0) is 0 Å². The third kappa shape index (κ3) is 2.87. The van der Waals surface area contributed by atoms with Crippen LogP contribution >= 0.6 is 38.5 Å². The molecule has 0 saturated heterocycles. The molecule has 0 amide bonds. The van der Waals surface area contributed by atoms with E-state index in [0.29, 0.717) is 0 Å². The summed E-state index contributed by atoms with van der Waals surface area (Å²) in [7, 11) is 0. The van der Waals surface area contributed by atoms with E-state index in [9.17, 15) is 0 Å². The molecule has 0 spiro atoms. The summed E-state index contributed by atoms with van der Waals surface area (Å²) in [5.41, 5.74) is 10.1. The summed E-state index contributed by atoms with van der Waals surface area (Å²) in [6.45, 7) is 2.14. The average molecular weight is 452 g/mol. The van der Waals surface area contributed by atoms with Crippen LogP contribution in [0.15, 0.2) is 59.1 Å². The number of fused-ring (bicyclic) bond motifs is 1. The van der Waals surface area contributed by atoms with Gasteiger partial charge in [-0.2, -0.15) is 0 Å². The monoisotopic (exact) mass is 451 g/mol. The normalized spacial score (nSPS) is 12.6. The van der Waals surface area contributed by atoms with Crippen molar-refractivity contribution in [2.45, 2.75) is 13.0 Å². The van der Waals surface area contributed by atoms with Gasteiger partial charge in [0, 0.05) is 8.04 Å². The molecule has 2 N–H and O–H groups in total. The number of benzene rings is 3. The Morgan fingerprint density at radius 3 is 2.43 bits per heavy atom. The molecule has 0 aliphatic heterocycles. The number of halogens is 2. The van der Waals surface area contributed by atoms with Crippen molar-refractivity contribution in [3.8, 4) is 0 Å². The van der Waals surface area contributed by atoms with Gasteiger partial charge in [-0.3, -0.25) is 0 Å². The van der Waals surface area contributed by atoms with Crippen molar-refractivity contribution in [2.75, 3.05) is 0 Å². The first-order valence-corrected chi connectivity index (χ1v) is 8.64. The fourth-order valence-electron chi connectivity index (χ4n) is 2.66. The van der Waals surface area contributed by atoms with Gasteiger partial charge in [0.2, 0.25) is 0 Å². The van der Waals surface area contributed by atoms with Crippen LogP contribution in [0.4, 0.5) is 0 Å². The summed E-state index contributed by atoms with van der Waals surface area (Å²) in [5.74, 6) is 0. The van der Waals surface area contributed by atoms with Crippen LogP contribution in [0.1, 0.15) is 22.7 Å². The number of nitrogens with two attached hydrogens (primary N) is 1. The number of hydrogen-bond acceptors (Lipinski definition) is 1. The molecule has 0 aliphatic carbocycles. The largest absolute Gasteiger partial charge is 0.320 e. The lowest BCUT2D eigenvalue weighted by Gasteiger charge is -2.18. The second-order valence-electron chi connectivity index (χ2n) is 5.16. The topological polar surface area (TPSA) is 26.0 Å². The van der Waals surface area contributed by atoms with Crippen molar-refractivity contribution in [3.63, 3.8) is 0 Å². The molecule has 3 rings (SSSR count). The molecule has 0 aromatic heterocycles. The molecule has 0 radical (unpaired) electrons. The van der Waals surface area contributed by atoms with Crippen LogP contribution < -0.4 is 5.73 Å². The first kappa shape index (κ1) is 15.0. The van der Waals surface area contributed by atoms with Gasteiger partial charge in [-0.15, -0.1) is 0 Å². The third-order valence-corrected chi connectivity index (χ3v) is 5.20. The van der Waals surface area contributed by atoms with Crippen molar-refractivity contribution < 1.29 is 0 Å². The van der Waals surface area contributed by atoms with E-state index in [1.807, 2.05) is 0 Å². The Balaban J connectivity index is 2.20. The van der Waals surface area contributed by atoms with Crippen LogP contribution in [0, 0.1) is 10.5 Å². The van der Waals surface area contributed by atoms with Crippen LogP contribution in [0.5, 0.6) is 0 Å². The van der Waals surface area contributed by atoms with E-state index in [4.69, 9.17) is 5.73 Å². The zero-order valence-electron chi connectivity index (χ0n) is 11.6. The van der Waals surface area contributed by atoms with Crippen LogP contribution in [0.25, 0.3) is 10.8 Å². The van der Waals surface area contributed by atoms with Gasteiger partial charge in [-0.25, -0.2) is 0 Å². The SMILES string of the molecule is Cc1ccc(C(N)c2cc(I)ccc2Br)c2ccccc12. The van der Waals surface area contributed by atoms with Gasteiger partial charge in [-0.1, -0.05) is 52.3 Å². The first-order valence-electron chi connectivity index (χ1n) is 6.76. The number of rotatable bonds is 2. The first-order chi connectivity index (χ1) is 10.1. The van der Waals surface area contributed by atoms with E-state index in [-0.39, 0.29) is 6.04 Å². The Morgan fingerprint density at radius 1 is 0.952 bits per heavy atom. The van der Waals surface area contributed by atoms with Gasteiger partial charge in [0.1, 0.15) is 0 Å². The lowest BCUT2D eigenvalue weighted by atomic mass is 9.92. The van der Waals surface area contributed by atoms with Crippen LogP contribution in [0.2, 0.25) is 0 Å². The maximum atomic E-state index is 6.57. The second-order valence-corrected chi connectivity index (χ2v) is 7.26. The lowest BCUT2D eigenvalue weighted by Crippen LogP contribution is -2.13. The minimum Gasteiger partial charge on any atom is -0.320 e. The average Bonchev–Trinajstić information content (AvgIpc) is 2.50. The third-order valence-electron chi connectivity index (χ3n) is 3.80. The molecule has 106 valence electrons.